The summed E-state index contributed by atoms with van der Waals surface area (Å²) in [5.41, 5.74) is 0. The summed E-state index contributed by atoms with van der Waals surface area (Å²) in [6.45, 7) is 6.35. The van der Waals surface area contributed by atoms with Crippen molar-refractivity contribution in [2.45, 2.75) is 13.8 Å². The largest absolute Gasteiger partial charge is 0.449 e. The van der Waals surface area contributed by atoms with Gasteiger partial charge in [-0.3, -0.25) is 9.69 Å². The normalized spacial score (nSPS) is 18.4. The van der Waals surface area contributed by atoms with Crippen LogP contribution < -0.4 is 0 Å². The number of amides is 2. The summed E-state index contributed by atoms with van der Waals surface area (Å²) in [7, 11) is 0. The van der Waals surface area contributed by atoms with Crippen molar-refractivity contribution in [3.05, 3.63) is 0 Å². The molecule has 1 aliphatic rings. The first-order valence-corrected chi connectivity index (χ1v) is 4.88. The molecule has 1 heterocycles. The summed E-state index contributed by atoms with van der Waals surface area (Å²) >= 11 is 0. The average molecular weight is 200 g/mol. The van der Waals surface area contributed by atoms with Crippen LogP contribution in [0.1, 0.15) is 13.8 Å². The van der Waals surface area contributed by atoms with Crippen molar-refractivity contribution in [1.29, 1.82) is 0 Å². The minimum atomic E-state index is -0.520. The fourth-order valence-electron chi connectivity index (χ4n) is 1.39. The van der Waals surface area contributed by atoms with E-state index in [1.807, 2.05) is 11.8 Å². The Bertz CT molecular complexity index is 230. The molecule has 0 spiro atoms. The van der Waals surface area contributed by atoms with E-state index in [0.29, 0.717) is 19.7 Å². The van der Waals surface area contributed by atoms with Crippen LogP contribution in [0, 0.1) is 0 Å². The highest BCUT2D eigenvalue weighted by atomic mass is 16.6. The molecular formula is C9H16N2O3. The fraction of sp³-hybridized carbons (Fsp3) is 0.778. The summed E-state index contributed by atoms with van der Waals surface area (Å²) in [6, 6.07) is 0. The van der Waals surface area contributed by atoms with Gasteiger partial charge in [-0.2, -0.15) is 0 Å². The predicted octanol–water partition coefficient (Wildman–Crippen LogP) is 0.307. The molecule has 0 bridgehead atoms. The van der Waals surface area contributed by atoms with E-state index in [0.717, 1.165) is 13.1 Å². The molecule has 0 saturated carbocycles. The SMILES string of the molecule is CCOC(=O)N1CCN(CC)CC1=O. The summed E-state index contributed by atoms with van der Waals surface area (Å²) in [4.78, 5) is 25.9. The number of nitrogens with zero attached hydrogens (tertiary/aromatic N) is 2. The Hall–Kier alpha value is -1.10. The lowest BCUT2D eigenvalue weighted by molar-refractivity contribution is -0.133. The molecule has 5 nitrogen and oxygen atoms in total. The molecule has 0 atom stereocenters. The summed E-state index contributed by atoms with van der Waals surface area (Å²) in [6.07, 6.45) is -0.520. The Labute approximate surface area is 83.6 Å². The van der Waals surface area contributed by atoms with E-state index in [1.54, 1.807) is 6.92 Å². The van der Waals surface area contributed by atoms with Gasteiger partial charge in [0.25, 0.3) is 0 Å². The third-order valence-corrected chi connectivity index (χ3v) is 2.24. The summed E-state index contributed by atoms with van der Waals surface area (Å²) in [5, 5.41) is 0. The van der Waals surface area contributed by atoms with Gasteiger partial charge in [0.15, 0.2) is 0 Å². The first-order valence-electron chi connectivity index (χ1n) is 4.88. The number of rotatable bonds is 2. The predicted molar refractivity (Wildman–Crippen MR) is 50.8 cm³/mol. The van der Waals surface area contributed by atoms with Crippen LogP contribution in [-0.2, 0) is 9.53 Å². The third kappa shape index (κ3) is 2.45. The Morgan fingerprint density at radius 3 is 2.64 bits per heavy atom. The zero-order valence-electron chi connectivity index (χ0n) is 8.65. The third-order valence-electron chi connectivity index (χ3n) is 2.24. The van der Waals surface area contributed by atoms with Gasteiger partial charge >= 0.3 is 6.09 Å². The molecule has 0 aliphatic carbocycles. The van der Waals surface area contributed by atoms with E-state index in [9.17, 15) is 9.59 Å². The molecule has 0 N–H and O–H groups in total. The van der Waals surface area contributed by atoms with Crippen LogP contribution in [0.5, 0.6) is 0 Å². The van der Waals surface area contributed by atoms with Gasteiger partial charge in [-0.25, -0.2) is 9.69 Å². The van der Waals surface area contributed by atoms with E-state index in [4.69, 9.17) is 4.74 Å². The molecule has 1 rings (SSSR count). The monoisotopic (exact) mass is 200 g/mol. The fourth-order valence-corrected chi connectivity index (χ4v) is 1.39. The van der Waals surface area contributed by atoms with Gasteiger partial charge in [-0.05, 0) is 13.5 Å². The number of carbonyl (C=O) groups excluding carboxylic acids is 2. The van der Waals surface area contributed by atoms with Crippen LogP contribution in [0.25, 0.3) is 0 Å². The van der Waals surface area contributed by atoms with Gasteiger partial charge in [0, 0.05) is 13.1 Å². The van der Waals surface area contributed by atoms with Crippen LogP contribution in [0.2, 0.25) is 0 Å². The van der Waals surface area contributed by atoms with E-state index in [1.165, 1.54) is 4.90 Å². The molecular weight excluding hydrogens is 184 g/mol. The second-order valence-electron chi connectivity index (χ2n) is 3.11. The molecule has 0 aromatic heterocycles. The molecule has 1 aliphatic heterocycles. The highest BCUT2D eigenvalue weighted by Gasteiger charge is 2.28. The van der Waals surface area contributed by atoms with Crippen molar-refractivity contribution >= 4 is 12.0 Å². The lowest BCUT2D eigenvalue weighted by Crippen LogP contribution is -2.52. The van der Waals surface area contributed by atoms with Crippen molar-refractivity contribution in [2.75, 3.05) is 32.8 Å². The second kappa shape index (κ2) is 4.95. The van der Waals surface area contributed by atoms with Gasteiger partial charge in [0.2, 0.25) is 5.91 Å². The molecule has 0 radical (unpaired) electrons. The van der Waals surface area contributed by atoms with Crippen molar-refractivity contribution in [1.82, 2.24) is 9.80 Å². The molecule has 1 saturated heterocycles. The number of imide groups is 1. The number of ether oxygens (including phenoxy) is 1. The number of carbonyl (C=O) groups is 2. The minimum absolute atomic E-state index is 0.170. The van der Waals surface area contributed by atoms with E-state index in [-0.39, 0.29) is 5.91 Å². The maximum Gasteiger partial charge on any atom is 0.416 e. The average Bonchev–Trinajstić information content (AvgIpc) is 2.17. The molecule has 0 aromatic rings. The molecule has 0 aromatic carbocycles. The topological polar surface area (TPSA) is 49.9 Å². The molecule has 5 heteroatoms. The number of hydrogen-bond acceptors (Lipinski definition) is 4. The number of hydrogen-bond donors (Lipinski definition) is 0. The number of piperazine rings is 1. The highest BCUT2D eigenvalue weighted by Crippen LogP contribution is 2.04. The zero-order valence-corrected chi connectivity index (χ0v) is 8.65. The highest BCUT2D eigenvalue weighted by molar-refractivity contribution is 5.93. The first-order chi connectivity index (χ1) is 6.69. The van der Waals surface area contributed by atoms with Crippen LogP contribution in [0.3, 0.4) is 0 Å². The Balaban J connectivity index is 2.49. The van der Waals surface area contributed by atoms with Crippen LogP contribution in [0.15, 0.2) is 0 Å². The maximum atomic E-state index is 11.5. The molecule has 2 amide bonds. The van der Waals surface area contributed by atoms with Crippen molar-refractivity contribution in [3.8, 4) is 0 Å². The summed E-state index contributed by atoms with van der Waals surface area (Å²) in [5.74, 6) is -0.170. The summed E-state index contributed by atoms with van der Waals surface area (Å²) < 4.78 is 4.77. The Morgan fingerprint density at radius 2 is 2.14 bits per heavy atom. The molecule has 14 heavy (non-hydrogen) atoms. The number of likely N-dealkylation sites (N-methyl/N-ethyl adjacent to an activating group) is 1. The Morgan fingerprint density at radius 1 is 1.43 bits per heavy atom. The zero-order chi connectivity index (χ0) is 10.6. The van der Waals surface area contributed by atoms with Gasteiger partial charge in [-0.15, -0.1) is 0 Å². The standard InChI is InChI=1S/C9H16N2O3/c1-3-10-5-6-11(8(12)7-10)9(13)14-4-2/h3-7H2,1-2H3. The van der Waals surface area contributed by atoms with Crippen LogP contribution >= 0.6 is 0 Å². The quantitative estimate of drug-likeness (QED) is 0.643. The Kier molecular flexibility index (Phi) is 3.88. The smallest absolute Gasteiger partial charge is 0.416 e. The molecule has 80 valence electrons. The van der Waals surface area contributed by atoms with E-state index >= 15 is 0 Å². The van der Waals surface area contributed by atoms with E-state index in [2.05, 4.69) is 0 Å². The molecule has 0 unspecified atom stereocenters. The first kappa shape index (κ1) is 11.0. The van der Waals surface area contributed by atoms with Crippen molar-refractivity contribution in [2.24, 2.45) is 0 Å². The van der Waals surface area contributed by atoms with Gasteiger partial charge < -0.3 is 4.74 Å². The van der Waals surface area contributed by atoms with Gasteiger partial charge in [-0.1, -0.05) is 6.92 Å². The second-order valence-corrected chi connectivity index (χ2v) is 3.11. The van der Waals surface area contributed by atoms with Crippen molar-refractivity contribution < 1.29 is 14.3 Å². The lowest BCUT2D eigenvalue weighted by atomic mass is 10.3. The maximum absolute atomic E-state index is 11.5. The van der Waals surface area contributed by atoms with Crippen molar-refractivity contribution in [3.63, 3.8) is 0 Å². The van der Waals surface area contributed by atoms with Gasteiger partial charge in [0.05, 0.1) is 13.2 Å². The van der Waals surface area contributed by atoms with Crippen LogP contribution in [-0.4, -0.2) is 54.6 Å². The van der Waals surface area contributed by atoms with E-state index < -0.39 is 6.09 Å². The lowest BCUT2D eigenvalue weighted by Gasteiger charge is -2.31. The molecule has 1 fully saturated rings. The minimum Gasteiger partial charge on any atom is -0.449 e. The van der Waals surface area contributed by atoms with Gasteiger partial charge in [0.1, 0.15) is 0 Å². The van der Waals surface area contributed by atoms with Crippen LogP contribution in [0.4, 0.5) is 4.79 Å².